The molecule has 2 heterocycles. The van der Waals surface area contributed by atoms with Gasteiger partial charge in [0.25, 0.3) is 0 Å². The summed E-state index contributed by atoms with van der Waals surface area (Å²) >= 11 is 7.16. The van der Waals surface area contributed by atoms with E-state index in [9.17, 15) is 0 Å². The van der Waals surface area contributed by atoms with E-state index in [4.69, 9.17) is 16.0 Å². The molecule has 0 fully saturated rings. The molecular formula is C11H8ClN3OS. The van der Waals surface area contributed by atoms with Crippen LogP contribution in [0.3, 0.4) is 0 Å². The molecule has 0 unspecified atom stereocenters. The monoisotopic (exact) mass is 265 g/mol. The molecule has 0 aliphatic heterocycles. The number of thiazole rings is 1. The molecule has 0 atom stereocenters. The Morgan fingerprint density at radius 1 is 1.29 bits per heavy atom. The molecule has 1 N–H and O–H groups in total. The fourth-order valence-corrected chi connectivity index (χ4v) is 2.37. The summed E-state index contributed by atoms with van der Waals surface area (Å²) in [5, 5.41) is 5.65. The van der Waals surface area contributed by atoms with Gasteiger partial charge in [-0.25, -0.2) is 4.98 Å². The zero-order valence-electron chi connectivity index (χ0n) is 8.68. The van der Waals surface area contributed by atoms with E-state index in [0.717, 1.165) is 21.9 Å². The van der Waals surface area contributed by atoms with Gasteiger partial charge in [0.2, 0.25) is 0 Å². The number of para-hydroxylation sites is 2. The van der Waals surface area contributed by atoms with Gasteiger partial charge in [-0.3, -0.25) is 5.32 Å². The van der Waals surface area contributed by atoms with Crippen LogP contribution in [-0.2, 0) is 5.88 Å². The zero-order chi connectivity index (χ0) is 11.7. The number of hydrogen-bond acceptors (Lipinski definition) is 5. The molecule has 0 aliphatic carbocycles. The van der Waals surface area contributed by atoms with E-state index in [-0.39, 0.29) is 0 Å². The molecule has 0 aliphatic rings. The number of fused-ring (bicyclic) bond motifs is 1. The molecule has 0 radical (unpaired) electrons. The van der Waals surface area contributed by atoms with E-state index in [1.165, 1.54) is 11.3 Å². The van der Waals surface area contributed by atoms with Gasteiger partial charge in [-0.05, 0) is 12.1 Å². The molecule has 0 bridgehead atoms. The molecule has 2 aromatic heterocycles. The standard InChI is InChI=1S/C11H8ClN3OS/c12-5-7-6-17-11(13-7)15-10-14-8-3-1-2-4-9(8)16-10/h1-4,6H,5H2,(H,13,14,15). The lowest BCUT2D eigenvalue weighted by Gasteiger charge is -1.93. The van der Waals surface area contributed by atoms with Crippen molar-refractivity contribution in [3.05, 3.63) is 35.3 Å². The SMILES string of the molecule is ClCc1csc(Nc2nc3ccccc3o2)n1. The van der Waals surface area contributed by atoms with Gasteiger partial charge in [-0.15, -0.1) is 22.9 Å². The van der Waals surface area contributed by atoms with Gasteiger partial charge in [-0.2, -0.15) is 4.98 Å². The minimum absolute atomic E-state index is 0.408. The van der Waals surface area contributed by atoms with E-state index >= 15 is 0 Å². The third-order valence-electron chi connectivity index (χ3n) is 2.20. The zero-order valence-corrected chi connectivity index (χ0v) is 10.3. The Hall–Kier alpha value is -1.59. The summed E-state index contributed by atoms with van der Waals surface area (Å²) < 4.78 is 5.53. The Bertz CT molecular complexity index is 616. The second kappa shape index (κ2) is 4.35. The van der Waals surface area contributed by atoms with Crippen molar-refractivity contribution < 1.29 is 4.42 Å². The summed E-state index contributed by atoms with van der Waals surface area (Å²) in [7, 11) is 0. The summed E-state index contributed by atoms with van der Waals surface area (Å²) in [6.45, 7) is 0. The Morgan fingerprint density at radius 3 is 2.94 bits per heavy atom. The molecule has 6 heteroatoms. The van der Waals surface area contributed by atoms with Crippen molar-refractivity contribution in [3.8, 4) is 0 Å². The number of halogens is 1. The number of nitrogens with one attached hydrogen (secondary N) is 1. The summed E-state index contributed by atoms with van der Waals surface area (Å²) in [6, 6.07) is 8.05. The van der Waals surface area contributed by atoms with Crippen LogP contribution >= 0.6 is 22.9 Å². The topological polar surface area (TPSA) is 51.0 Å². The predicted octanol–water partition coefficient (Wildman–Crippen LogP) is 3.77. The first-order valence-electron chi connectivity index (χ1n) is 4.98. The van der Waals surface area contributed by atoms with E-state index < -0.39 is 0 Å². The fraction of sp³-hybridized carbons (Fsp3) is 0.0909. The van der Waals surface area contributed by atoms with Crippen LogP contribution < -0.4 is 5.32 Å². The Kier molecular flexibility index (Phi) is 2.70. The number of benzene rings is 1. The second-order valence-electron chi connectivity index (χ2n) is 3.39. The normalized spacial score (nSPS) is 10.9. The predicted molar refractivity (Wildman–Crippen MR) is 69.0 cm³/mol. The van der Waals surface area contributed by atoms with Crippen molar-refractivity contribution in [2.45, 2.75) is 5.88 Å². The fourth-order valence-electron chi connectivity index (χ4n) is 1.44. The van der Waals surface area contributed by atoms with Gasteiger partial charge in [-0.1, -0.05) is 12.1 Å². The molecule has 1 aromatic carbocycles. The number of rotatable bonds is 3. The van der Waals surface area contributed by atoms with E-state index in [1.807, 2.05) is 29.6 Å². The molecule has 17 heavy (non-hydrogen) atoms. The first kappa shape index (κ1) is 10.6. The Morgan fingerprint density at radius 2 is 2.18 bits per heavy atom. The molecule has 86 valence electrons. The smallest absolute Gasteiger partial charge is 0.302 e. The summed E-state index contributed by atoms with van der Waals surface area (Å²) in [5.41, 5.74) is 2.42. The van der Waals surface area contributed by atoms with Crippen LogP contribution in [0.5, 0.6) is 0 Å². The van der Waals surface area contributed by atoms with E-state index in [1.54, 1.807) is 0 Å². The molecule has 0 saturated heterocycles. The van der Waals surface area contributed by atoms with Crippen LogP contribution in [0.15, 0.2) is 34.1 Å². The first-order chi connectivity index (χ1) is 8.35. The number of aromatic nitrogens is 2. The largest absolute Gasteiger partial charge is 0.423 e. The van der Waals surface area contributed by atoms with Crippen molar-refractivity contribution in [3.63, 3.8) is 0 Å². The van der Waals surface area contributed by atoms with Crippen molar-refractivity contribution >= 4 is 45.2 Å². The molecule has 3 rings (SSSR count). The highest BCUT2D eigenvalue weighted by atomic mass is 35.5. The lowest BCUT2D eigenvalue weighted by atomic mass is 10.3. The minimum atomic E-state index is 0.408. The van der Waals surface area contributed by atoms with Gasteiger partial charge in [0.1, 0.15) is 5.52 Å². The highest BCUT2D eigenvalue weighted by molar-refractivity contribution is 7.13. The van der Waals surface area contributed by atoms with Crippen LogP contribution in [0.25, 0.3) is 11.1 Å². The quantitative estimate of drug-likeness (QED) is 0.733. The molecular weight excluding hydrogens is 258 g/mol. The van der Waals surface area contributed by atoms with Gasteiger partial charge >= 0.3 is 6.01 Å². The lowest BCUT2D eigenvalue weighted by Crippen LogP contribution is -1.89. The Labute approximate surface area is 106 Å². The van der Waals surface area contributed by atoms with Crippen molar-refractivity contribution in [1.29, 1.82) is 0 Å². The number of oxazole rings is 1. The van der Waals surface area contributed by atoms with Crippen molar-refractivity contribution in [2.24, 2.45) is 0 Å². The minimum Gasteiger partial charge on any atom is -0.423 e. The number of hydrogen-bond donors (Lipinski definition) is 1. The van der Waals surface area contributed by atoms with Gasteiger partial charge in [0.05, 0.1) is 11.6 Å². The maximum absolute atomic E-state index is 5.68. The van der Waals surface area contributed by atoms with Crippen molar-refractivity contribution in [1.82, 2.24) is 9.97 Å². The average Bonchev–Trinajstić information content (AvgIpc) is 2.94. The van der Waals surface area contributed by atoms with Crippen LogP contribution in [-0.4, -0.2) is 9.97 Å². The lowest BCUT2D eigenvalue weighted by molar-refractivity contribution is 0.623. The maximum atomic E-state index is 5.68. The molecule has 0 spiro atoms. The molecule has 0 amide bonds. The number of anilines is 2. The summed E-state index contributed by atoms with van der Waals surface area (Å²) in [4.78, 5) is 8.57. The van der Waals surface area contributed by atoms with Crippen molar-refractivity contribution in [2.75, 3.05) is 5.32 Å². The highest BCUT2D eigenvalue weighted by Crippen LogP contribution is 2.24. The summed E-state index contributed by atoms with van der Waals surface area (Å²) in [5.74, 6) is 0.408. The third-order valence-corrected chi connectivity index (χ3v) is 3.28. The summed E-state index contributed by atoms with van der Waals surface area (Å²) in [6.07, 6.45) is 0. The third kappa shape index (κ3) is 2.11. The van der Waals surface area contributed by atoms with Gasteiger partial charge < -0.3 is 4.42 Å². The second-order valence-corrected chi connectivity index (χ2v) is 4.51. The molecule has 0 saturated carbocycles. The van der Waals surface area contributed by atoms with E-state index in [2.05, 4.69) is 15.3 Å². The average molecular weight is 266 g/mol. The van der Waals surface area contributed by atoms with Gasteiger partial charge in [0, 0.05) is 5.38 Å². The number of alkyl halides is 1. The van der Waals surface area contributed by atoms with Crippen LogP contribution in [0, 0.1) is 0 Å². The van der Waals surface area contributed by atoms with Crippen LogP contribution in [0.1, 0.15) is 5.69 Å². The Balaban J connectivity index is 1.89. The maximum Gasteiger partial charge on any atom is 0.302 e. The number of nitrogens with zero attached hydrogens (tertiary/aromatic N) is 2. The van der Waals surface area contributed by atoms with Crippen LogP contribution in [0.4, 0.5) is 11.1 Å². The highest BCUT2D eigenvalue weighted by Gasteiger charge is 2.07. The van der Waals surface area contributed by atoms with E-state index in [0.29, 0.717) is 11.9 Å². The van der Waals surface area contributed by atoms with Gasteiger partial charge in [0.15, 0.2) is 10.7 Å². The van der Waals surface area contributed by atoms with Crippen LogP contribution in [0.2, 0.25) is 0 Å². The molecule has 3 aromatic rings. The first-order valence-corrected chi connectivity index (χ1v) is 6.39. The molecule has 4 nitrogen and oxygen atoms in total.